The fourth-order valence-corrected chi connectivity index (χ4v) is 3.05. The highest BCUT2D eigenvalue weighted by molar-refractivity contribution is 5.29. The van der Waals surface area contributed by atoms with E-state index in [1.165, 1.54) is 38.8 Å². The number of fused-ring (bicyclic) bond motifs is 2. The summed E-state index contributed by atoms with van der Waals surface area (Å²) < 4.78 is 0. The molecule has 1 saturated heterocycles. The Bertz CT molecular complexity index is 313. The second-order valence-electron chi connectivity index (χ2n) is 4.85. The van der Waals surface area contributed by atoms with Gasteiger partial charge in [0.1, 0.15) is 0 Å². The Labute approximate surface area is 90.5 Å². The van der Waals surface area contributed by atoms with Crippen LogP contribution in [0.4, 0.5) is 5.95 Å². The minimum Gasteiger partial charge on any atom is -0.340 e. The molecule has 2 aliphatic rings. The molecule has 0 aromatic carbocycles. The largest absolute Gasteiger partial charge is 0.340 e. The third-order valence-corrected chi connectivity index (χ3v) is 3.68. The van der Waals surface area contributed by atoms with E-state index in [9.17, 15) is 0 Å². The lowest BCUT2D eigenvalue weighted by Crippen LogP contribution is -2.43. The second-order valence-corrected chi connectivity index (χ2v) is 4.85. The molecular formula is C12H17N3. The van der Waals surface area contributed by atoms with Crippen LogP contribution in [0.25, 0.3) is 0 Å². The number of rotatable bonds is 1. The Kier molecular flexibility index (Phi) is 2.31. The molecule has 0 spiro atoms. The van der Waals surface area contributed by atoms with Crippen molar-refractivity contribution < 1.29 is 0 Å². The van der Waals surface area contributed by atoms with Gasteiger partial charge >= 0.3 is 0 Å². The van der Waals surface area contributed by atoms with Crippen LogP contribution < -0.4 is 4.90 Å². The van der Waals surface area contributed by atoms with Gasteiger partial charge in [-0.1, -0.05) is 6.42 Å². The molecule has 1 aliphatic carbocycles. The summed E-state index contributed by atoms with van der Waals surface area (Å²) in [5, 5.41) is 0. The molecule has 2 unspecified atom stereocenters. The smallest absolute Gasteiger partial charge is 0.225 e. The van der Waals surface area contributed by atoms with Gasteiger partial charge in [0.2, 0.25) is 5.95 Å². The van der Waals surface area contributed by atoms with Crippen LogP contribution in [-0.2, 0) is 0 Å². The summed E-state index contributed by atoms with van der Waals surface area (Å²) in [5.74, 6) is 2.71. The van der Waals surface area contributed by atoms with Crippen molar-refractivity contribution in [2.24, 2.45) is 11.8 Å². The lowest BCUT2D eigenvalue weighted by atomic mass is 9.78. The SMILES string of the molecule is c1cnc(N2CC3CCCC(C3)C2)nc1. The van der Waals surface area contributed by atoms with E-state index in [4.69, 9.17) is 0 Å². The van der Waals surface area contributed by atoms with Gasteiger partial charge in [0.15, 0.2) is 0 Å². The first-order valence-corrected chi connectivity index (χ1v) is 5.94. The molecule has 3 nitrogen and oxygen atoms in total. The van der Waals surface area contributed by atoms with Crippen LogP contribution >= 0.6 is 0 Å². The Morgan fingerprint density at radius 2 is 1.73 bits per heavy atom. The van der Waals surface area contributed by atoms with Gasteiger partial charge < -0.3 is 4.90 Å². The molecule has 0 radical (unpaired) electrons. The molecule has 2 heterocycles. The third kappa shape index (κ3) is 1.83. The van der Waals surface area contributed by atoms with Crippen molar-refractivity contribution in [2.75, 3.05) is 18.0 Å². The minimum atomic E-state index is 0.890. The number of piperidine rings is 1. The Morgan fingerprint density at radius 1 is 1.07 bits per heavy atom. The van der Waals surface area contributed by atoms with Crippen molar-refractivity contribution in [3.8, 4) is 0 Å². The zero-order valence-electron chi connectivity index (χ0n) is 8.97. The first kappa shape index (κ1) is 9.13. The average Bonchev–Trinajstić information content (AvgIpc) is 2.30. The van der Waals surface area contributed by atoms with Crippen molar-refractivity contribution in [2.45, 2.75) is 25.7 Å². The third-order valence-electron chi connectivity index (χ3n) is 3.68. The lowest BCUT2D eigenvalue weighted by Gasteiger charge is -2.41. The summed E-state index contributed by atoms with van der Waals surface area (Å²) in [6.07, 6.45) is 9.35. The summed E-state index contributed by atoms with van der Waals surface area (Å²) in [7, 11) is 0. The number of nitrogens with zero attached hydrogens (tertiary/aromatic N) is 3. The van der Waals surface area contributed by atoms with Gasteiger partial charge in [-0.05, 0) is 37.2 Å². The van der Waals surface area contributed by atoms with Crippen LogP contribution in [-0.4, -0.2) is 23.1 Å². The first-order valence-electron chi connectivity index (χ1n) is 5.94. The van der Waals surface area contributed by atoms with Gasteiger partial charge in [-0.15, -0.1) is 0 Å². The molecule has 80 valence electrons. The van der Waals surface area contributed by atoms with Crippen molar-refractivity contribution in [3.63, 3.8) is 0 Å². The van der Waals surface area contributed by atoms with E-state index < -0.39 is 0 Å². The molecule has 0 N–H and O–H groups in total. The topological polar surface area (TPSA) is 29.0 Å². The highest BCUT2D eigenvalue weighted by Gasteiger charge is 2.31. The molecule has 3 heteroatoms. The van der Waals surface area contributed by atoms with Crippen LogP contribution in [0.1, 0.15) is 25.7 Å². The van der Waals surface area contributed by atoms with E-state index in [1.807, 2.05) is 18.5 Å². The van der Waals surface area contributed by atoms with Gasteiger partial charge in [-0.25, -0.2) is 9.97 Å². The summed E-state index contributed by atoms with van der Waals surface area (Å²) in [6, 6.07) is 1.88. The Hall–Kier alpha value is -1.12. The van der Waals surface area contributed by atoms with E-state index in [1.54, 1.807) is 0 Å². The summed E-state index contributed by atoms with van der Waals surface area (Å²) in [5.41, 5.74) is 0. The van der Waals surface area contributed by atoms with Gasteiger partial charge in [0.05, 0.1) is 0 Å². The van der Waals surface area contributed by atoms with Gasteiger partial charge in [-0.2, -0.15) is 0 Å². The van der Waals surface area contributed by atoms with Crippen molar-refractivity contribution >= 4 is 5.95 Å². The molecular weight excluding hydrogens is 186 g/mol. The van der Waals surface area contributed by atoms with Crippen molar-refractivity contribution in [1.82, 2.24) is 9.97 Å². The van der Waals surface area contributed by atoms with E-state index in [2.05, 4.69) is 14.9 Å². The number of hydrogen-bond donors (Lipinski definition) is 0. The summed E-state index contributed by atoms with van der Waals surface area (Å²) in [6.45, 7) is 2.33. The molecule has 2 bridgehead atoms. The van der Waals surface area contributed by atoms with Crippen molar-refractivity contribution in [1.29, 1.82) is 0 Å². The normalized spacial score (nSPS) is 30.3. The second kappa shape index (κ2) is 3.80. The number of aromatic nitrogens is 2. The molecule has 1 aromatic rings. The molecule has 1 aliphatic heterocycles. The number of hydrogen-bond acceptors (Lipinski definition) is 3. The molecule has 2 atom stereocenters. The Morgan fingerprint density at radius 3 is 2.40 bits per heavy atom. The number of anilines is 1. The molecule has 2 fully saturated rings. The summed E-state index contributed by atoms with van der Waals surface area (Å²) >= 11 is 0. The van der Waals surface area contributed by atoms with Crippen LogP contribution in [0, 0.1) is 11.8 Å². The van der Waals surface area contributed by atoms with Crippen molar-refractivity contribution in [3.05, 3.63) is 18.5 Å². The maximum absolute atomic E-state index is 4.34. The van der Waals surface area contributed by atoms with E-state index in [-0.39, 0.29) is 0 Å². The highest BCUT2D eigenvalue weighted by Crippen LogP contribution is 2.35. The zero-order valence-corrected chi connectivity index (χ0v) is 8.97. The molecule has 15 heavy (non-hydrogen) atoms. The zero-order chi connectivity index (χ0) is 10.1. The van der Waals surface area contributed by atoms with Crippen LogP contribution in [0.15, 0.2) is 18.5 Å². The van der Waals surface area contributed by atoms with Crippen LogP contribution in [0.5, 0.6) is 0 Å². The fourth-order valence-electron chi connectivity index (χ4n) is 3.05. The van der Waals surface area contributed by atoms with E-state index in [0.29, 0.717) is 0 Å². The predicted molar refractivity (Wildman–Crippen MR) is 59.7 cm³/mol. The minimum absolute atomic E-state index is 0.890. The van der Waals surface area contributed by atoms with Gasteiger partial charge in [-0.3, -0.25) is 0 Å². The quantitative estimate of drug-likeness (QED) is 0.700. The maximum atomic E-state index is 4.34. The maximum Gasteiger partial charge on any atom is 0.225 e. The molecule has 0 amide bonds. The molecule has 1 aromatic heterocycles. The lowest BCUT2D eigenvalue weighted by molar-refractivity contribution is 0.230. The fraction of sp³-hybridized carbons (Fsp3) is 0.667. The van der Waals surface area contributed by atoms with E-state index in [0.717, 1.165) is 17.8 Å². The van der Waals surface area contributed by atoms with Crippen LogP contribution in [0.2, 0.25) is 0 Å². The summed E-state index contributed by atoms with van der Waals surface area (Å²) in [4.78, 5) is 11.1. The van der Waals surface area contributed by atoms with Gasteiger partial charge in [0.25, 0.3) is 0 Å². The van der Waals surface area contributed by atoms with Crippen LogP contribution in [0.3, 0.4) is 0 Å². The standard InChI is InChI=1S/C12H17N3/c1-3-10-7-11(4-1)9-15(8-10)12-13-5-2-6-14-12/h2,5-6,10-11H,1,3-4,7-9H2. The molecule has 3 rings (SSSR count). The first-order chi connectivity index (χ1) is 7.42. The predicted octanol–water partition coefficient (Wildman–Crippen LogP) is 2.10. The van der Waals surface area contributed by atoms with Gasteiger partial charge in [0, 0.05) is 25.5 Å². The Balaban J connectivity index is 1.78. The monoisotopic (exact) mass is 203 g/mol. The average molecular weight is 203 g/mol. The highest BCUT2D eigenvalue weighted by atomic mass is 15.3. The van der Waals surface area contributed by atoms with E-state index >= 15 is 0 Å². The molecule has 1 saturated carbocycles.